The fraction of sp³-hybridized carbons (Fsp3) is 0.143. The Hall–Kier alpha value is -1.72. The molecule has 104 valence electrons. The highest BCUT2D eigenvalue weighted by atomic mass is 35.5. The van der Waals surface area contributed by atoms with Crippen LogP contribution in [-0.2, 0) is 6.54 Å². The maximum atomic E-state index is 10.8. The number of benzene rings is 2. The van der Waals surface area contributed by atoms with Gasteiger partial charge in [0.25, 0.3) is 5.69 Å². The van der Waals surface area contributed by atoms with E-state index in [1.165, 1.54) is 17.0 Å². The molecule has 6 heteroatoms. The fourth-order valence-corrected chi connectivity index (χ4v) is 2.30. The molecule has 0 atom stereocenters. The van der Waals surface area contributed by atoms with E-state index in [4.69, 9.17) is 11.6 Å². The van der Waals surface area contributed by atoms with Crippen molar-refractivity contribution in [3.63, 3.8) is 0 Å². The van der Waals surface area contributed by atoms with Gasteiger partial charge in [0, 0.05) is 23.2 Å². The molecule has 0 bridgehead atoms. The summed E-state index contributed by atoms with van der Waals surface area (Å²) in [5.41, 5.74) is 1.70. The van der Waals surface area contributed by atoms with Crippen LogP contribution in [0.2, 0.25) is 5.02 Å². The van der Waals surface area contributed by atoms with Gasteiger partial charge in [-0.25, -0.2) is 0 Å². The highest BCUT2D eigenvalue weighted by Crippen LogP contribution is 2.27. The zero-order chi connectivity index (χ0) is 14.5. The predicted octanol–water partition coefficient (Wildman–Crippen LogP) is 4.58. The molecule has 20 heavy (non-hydrogen) atoms. The third kappa shape index (κ3) is 3.65. The van der Waals surface area contributed by atoms with Gasteiger partial charge in [-0.3, -0.25) is 10.1 Å². The normalized spacial score (nSPS) is 10.3. The number of rotatable bonds is 5. The molecule has 0 radical (unpaired) electrons. The van der Waals surface area contributed by atoms with E-state index in [1.54, 1.807) is 17.8 Å². The van der Waals surface area contributed by atoms with Crippen molar-refractivity contribution >= 4 is 34.7 Å². The molecule has 0 spiro atoms. The lowest BCUT2D eigenvalue weighted by Crippen LogP contribution is -2.00. The van der Waals surface area contributed by atoms with E-state index < -0.39 is 4.92 Å². The molecule has 0 saturated carbocycles. The van der Waals surface area contributed by atoms with Crippen molar-refractivity contribution in [2.45, 2.75) is 11.4 Å². The summed E-state index contributed by atoms with van der Waals surface area (Å²) in [7, 11) is 0. The third-order valence-electron chi connectivity index (χ3n) is 2.80. The Morgan fingerprint density at radius 2 is 1.95 bits per heavy atom. The second-order valence-corrected chi connectivity index (χ2v) is 5.41. The van der Waals surface area contributed by atoms with Crippen LogP contribution in [0.1, 0.15) is 5.56 Å². The minimum absolute atomic E-state index is 0.0885. The van der Waals surface area contributed by atoms with Crippen LogP contribution in [0.4, 0.5) is 11.4 Å². The number of hydrogen-bond donors (Lipinski definition) is 1. The van der Waals surface area contributed by atoms with E-state index in [0.29, 0.717) is 12.2 Å². The standard InChI is InChI=1S/C14H13ClN2O2S/c1-20-12-5-2-10(3-6-12)9-16-11-4-7-13(15)14(8-11)17(18)19/h2-8,16H,9H2,1H3. The maximum Gasteiger partial charge on any atom is 0.289 e. The molecule has 0 fully saturated rings. The largest absolute Gasteiger partial charge is 0.381 e. The summed E-state index contributed by atoms with van der Waals surface area (Å²) in [5, 5.41) is 14.1. The molecule has 2 aromatic carbocycles. The van der Waals surface area contributed by atoms with Gasteiger partial charge in [-0.05, 0) is 36.1 Å². The molecular formula is C14H13ClN2O2S. The number of nitro groups is 1. The van der Waals surface area contributed by atoms with Crippen molar-refractivity contribution in [1.82, 2.24) is 0 Å². The average Bonchev–Trinajstić information content (AvgIpc) is 2.46. The summed E-state index contributed by atoms with van der Waals surface area (Å²) in [4.78, 5) is 11.5. The number of thioether (sulfide) groups is 1. The Morgan fingerprint density at radius 3 is 2.55 bits per heavy atom. The van der Waals surface area contributed by atoms with Crippen LogP contribution in [0.25, 0.3) is 0 Å². The molecule has 0 aromatic heterocycles. The summed E-state index contributed by atoms with van der Waals surface area (Å²) < 4.78 is 0. The minimum Gasteiger partial charge on any atom is -0.381 e. The molecule has 1 N–H and O–H groups in total. The van der Waals surface area contributed by atoms with Gasteiger partial charge in [-0.15, -0.1) is 11.8 Å². The first-order chi connectivity index (χ1) is 9.60. The molecule has 0 saturated heterocycles. The van der Waals surface area contributed by atoms with Gasteiger partial charge >= 0.3 is 0 Å². The van der Waals surface area contributed by atoms with Gasteiger partial charge in [0.2, 0.25) is 0 Å². The van der Waals surface area contributed by atoms with Crippen molar-refractivity contribution in [2.24, 2.45) is 0 Å². The van der Waals surface area contributed by atoms with E-state index >= 15 is 0 Å². The van der Waals surface area contributed by atoms with Gasteiger partial charge in [0.1, 0.15) is 5.02 Å². The lowest BCUT2D eigenvalue weighted by atomic mass is 10.2. The highest BCUT2D eigenvalue weighted by molar-refractivity contribution is 7.98. The van der Waals surface area contributed by atoms with Gasteiger partial charge in [-0.1, -0.05) is 23.7 Å². The summed E-state index contributed by atoms with van der Waals surface area (Å²) in [6.07, 6.45) is 2.03. The molecule has 0 aliphatic carbocycles. The minimum atomic E-state index is -0.485. The predicted molar refractivity (Wildman–Crippen MR) is 83.7 cm³/mol. The second kappa shape index (κ2) is 6.63. The quantitative estimate of drug-likeness (QED) is 0.499. The molecule has 0 aliphatic heterocycles. The number of anilines is 1. The Labute approximate surface area is 126 Å². The molecule has 0 aliphatic rings. The molecule has 0 unspecified atom stereocenters. The van der Waals surface area contributed by atoms with E-state index in [0.717, 1.165) is 5.56 Å². The summed E-state index contributed by atoms with van der Waals surface area (Å²) in [6, 6.07) is 12.9. The van der Waals surface area contributed by atoms with Crippen LogP contribution in [0.3, 0.4) is 0 Å². The number of nitro benzene ring substituents is 1. The number of nitrogens with one attached hydrogen (secondary N) is 1. The second-order valence-electron chi connectivity index (χ2n) is 4.12. The van der Waals surface area contributed by atoms with Gasteiger partial charge < -0.3 is 5.32 Å². The van der Waals surface area contributed by atoms with Crippen molar-refractivity contribution in [3.05, 3.63) is 63.2 Å². The van der Waals surface area contributed by atoms with Crippen LogP contribution in [0.5, 0.6) is 0 Å². The first-order valence-electron chi connectivity index (χ1n) is 5.91. The number of hydrogen-bond acceptors (Lipinski definition) is 4. The highest BCUT2D eigenvalue weighted by Gasteiger charge is 2.12. The zero-order valence-corrected chi connectivity index (χ0v) is 12.4. The van der Waals surface area contributed by atoms with Crippen molar-refractivity contribution < 1.29 is 4.92 Å². The van der Waals surface area contributed by atoms with Crippen LogP contribution in [-0.4, -0.2) is 11.2 Å². The maximum absolute atomic E-state index is 10.8. The monoisotopic (exact) mass is 308 g/mol. The van der Waals surface area contributed by atoms with Gasteiger partial charge in [-0.2, -0.15) is 0 Å². The molecule has 2 aromatic rings. The Kier molecular flexibility index (Phi) is 4.87. The Balaban J connectivity index is 2.06. The lowest BCUT2D eigenvalue weighted by Gasteiger charge is -2.07. The Bertz CT molecular complexity index is 617. The molecule has 4 nitrogen and oxygen atoms in total. The van der Waals surface area contributed by atoms with Gasteiger partial charge in [0.15, 0.2) is 0 Å². The lowest BCUT2D eigenvalue weighted by molar-refractivity contribution is -0.384. The van der Waals surface area contributed by atoms with E-state index in [-0.39, 0.29) is 10.7 Å². The number of nitrogens with zero attached hydrogens (tertiary/aromatic N) is 1. The van der Waals surface area contributed by atoms with Crippen LogP contribution >= 0.6 is 23.4 Å². The SMILES string of the molecule is CSc1ccc(CNc2ccc(Cl)c([N+](=O)[O-])c2)cc1. The first kappa shape index (κ1) is 14.7. The summed E-state index contributed by atoms with van der Waals surface area (Å²) in [5.74, 6) is 0. The van der Waals surface area contributed by atoms with Gasteiger partial charge in [0.05, 0.1) is 4.92 Å². The third-order valence-corrected chi connectivity index (χ3v) is 3.86. The summed E-state index contributed by atoms with van der Waals surface area (Å²) in [6.45, 7) is 0.605. The van der Waals surface area contributed by atoms with Crippen LogP contribution in [0, 0.1) is 10.1 Å². The Morgan fingerprint density at radius 1 is 1.25 bits per heavy atom. The molecular weight excluding hydrogens is 296 g/mol. The zero-order valence-electron chi connectivity index (χ0n) is 10.8. The molecule has 0 heterocycles. The smallest absolute Gasteiger partial charge is 0.289 e. The van der Waals surface area contributed by atoms with Crippen molar-refractivity contribution in [3.8, 4) is 0 Å². The van der Waals surface area contributed by atoms with Crippen LogP contribution < -0.4 is 5.32 Å². The van der Waals surface area contributed by atoms with Crippen molar-refractivity contribution in [1.29, 1.82) is 0 Å². The number of halogens is 1. The van der Waals surface area contributed by atoms with E-state index in [1.807, 2.05) is 30.5 Å². The van der Waals surface area contributed by atoms with Crippen LogP contribution in [0.15, 0.2) is 47.4 Å². The topological polar surface area (TPSA) is 55.2 Å². The fourth-order valence-electron chi connectivity index (χ4n) is 1.71. The average molecular weight is 309 g/mol. The molecule has 0 amide bonds. The summed E-state index contributed by atoms with van der Waals surface area (Å²) >= 11 is 7.46. The first-order valence-corrected chi connectivity index (χ1v) is 7.51. The van der Waals surface area contributed by atoms with E-state index in [9.17, 15) is 10.1 Å². The van der Waals surface area contributed by atoms with Crippen molar-refractivity contribution in [2.75, 3.05) is 11.6 Å². The van der Waals surface area contributed by atoms with E-state index in [2.05, 4.69) is 5.32 Å². The molecule has 2 rings (SSSR count).